The van der Waals surface area contributed by atoms with E-state index in [1.807, 2.05) is 12.2 Å². The van der Waals surface area contributed by atoms with E-state index in [0.29, 0.717) is 19.3 Å². The van der Waals surface area contributed by atoms with Crippen LogP contribution in [0.2, 0.25) is 0 Å². The molecule has 0 aliphatic rings. The molecule has 0 saturated carbocycles. The average molecular weight is 734 g/mol. The lowest BCUT2D eigenvalue weighted by molar-refractivity contribution is -0.147. The number of carbonyl (C=O) groups is 1. The van der Waals surface area contributed by atoms with Gasteiger partial charge in [-0.25, -0.2) is 4.57 Å². The second-order valence-corrected chi connectivity index (χ2v) is 15.0. The maximum Gasteiger partial charge on any atom is 0.472 e. The van der Waals surface area contributed by atoms with Gasteiger partial charge in [-0.1, -0.05) is 135 Å². The van der Waals surface area contributed by atoms with Crippen LogP contribution in [0.25, 0.3) is 0 Å². The van der Waals surface area contributed by atoms with Crippen LogP contribution < -0.4 is 5.73 Å². The molecule has 0 heterocycles. The average Bonchev–Trinajstić information content (AvgIpc) is 3.10. The summed E-state index contributed by atoms with van der Waals surface area (Å²) in [5.41, 5.74) is 5.34. The quantitative estimate of drug-likeness (QED) is 0.0158. The first-order valence-electron chi connectivity index (χ1n) is 20.0. The Bertz CT molecular complexity index is 857. The highest BCUT2D eigenvalue weighted by molar-refractivity contribution is 7.47. The van der Waals surface area contributed by atoms with Crippen LogP contribution in [0.3, 0.4) is 0 Å². The van der Waals surface area contributed by atoms with Gasteiger partial charge in [0.05, 0.1) is 31.7 Å². The van der Waals surface area contributed by atoms with Crippen LogP contribution in [-0.4, -0.2) is 65.8 Å². The molecular formula is C39H76NO9P. The minimum absolute atomic E-state index is 0.0789. The lowest BCUT2D eigenvalue weighted by Gasteiger charge is -2.19. The first-order chi connectivity index (χ1) is 24.3. The van der Waals surface area contributed by atoms with Gasteiger partial charge in [0.15, 0.2) is 6.10 Å². The summed E-state index contributed by atoms with van der Waals surface area (Å²) in [6.07, 6.45) is 31.7. The Labute approximate surface area is 305 Å². The molecule has 10 nitrogen and oxygen atoms in total. The van der Waals surface area contributed by atoms with Crippen LogP contribution in [0, 0.1) is 0 Å². The van der Waals surface area contributed by atoms with Gasteiger partial charge in [-0.15, -0.1) is 0 Å². The van der Waals surface area contributed by atoms with Gasteiger partial charge >= 0.3 is 13.8 Å². The number of hydrogen-bond donors (Lipinski definition) is 4. The molecule has 1 unspecified atom stereocenters. The molecular weight excluding hydrogens is 657 g/mol. The van der Waals surface area contributed by atoms with Crippen LogP contribution in [0.4, 0.5) is 0 Å². The fraction of sp³-hybridized carbons (Fsp3) is 0.872. The van der Waals surface area contributed by atoms with Crippen molar-refractivity contribution in [2.24, 2.45) is 5.73 Å². The number of esters is 1. The molecule has 0 aromatic rings. The van der Waals surface area contributed by atoms with Gasteiger partial charge in [-0.05, 0) is 51.0 Å². The maximum absolute atomic E-state index is 12.4. The minimum Gasteiger partial charge on any atom is -0.492 e. The number of allylic oxidation sites excluding steroid dienone is 2. The van der Waals surface area contributed by atoms with Gasteiger partial charge < -0.3 is 30.3 Å². The number of aliphatic hydroxyl groups is 2. The number of nitrogens with two attached hydrogens (primary N) is 1. The number of rotatable bonds is 38. The van der Waals surface area contributed by atoms with E-state index >= 15 is 0 Å². The number of ether oxygens (including phenoxy) is 2. The van der Waals surface area contributed by atoms with Crippen molar-refractivity contribution < 1.29 is 43.0 Å². The smallest absolute Gasteiger partial charge is 0.472 e. The molecule has 296 valence electrons. The van der Waals surface area contributed by atoms with Crippen molar-refractivity contribution in [1.29, 1.82) is 0 Å². The Morgan fingerprint density at radius 2 is 1.22 bits per heavy atom. The predicted molar refractivity (Wildman–Crippen MR) is 204 cm³/mol. The summed E-state index contributed by atoms with van der Waals surface area (Å²) in [6.45, 7) is 3.98. The van der Waals surface area contributed by atoms with E-state index in [0.717, 1.165) is 51.4 Å². The number of hydrogen-bond acceptors (Lipinski definition) is 9. The van der Waals surface area contributed by atoms with Gasteiger partial charge in [0.2, 0.25) is 0 Å². The molecule has 0 bridgehead atoms. The van der Waals surface area contributed by atoms with Crippen LogP contribution in [0.15, 0.2) is 24.5 Å². The molecule has 5 N–H and O–H groups in total. The SMILES string of the molecule is CCCCC/C=C\C[C@@H](O)[C@H](O)CCCCCCCC(=O)OC[C@H](COP(=O)(O)OCCN)O/C=C/CCCCCCCCCCCCCC. The van der Waals surface area contributed by atoms with Gasteiger partial charge in [0.1, 0.15) is 6.61 Å². The van der Waals surface area contributed by atoms with E-state index in [-0.39, 0.29) is 38.8 Å². The number of phosphoric ester groups is 1. The zero-order valence-electron chi connectivity index (χ0n) is 31.9. The summed E-state index contributed by atoms with van der Waals surface area (Å²) in [5.74, 6) is -0.369. The highest BCUT2D eigenvalue weighted by atomic mass is 31.2. The summed E-state index contributed by atoms with van der Waals surface area (Å²) in [6, 6.07) is 0. The van der Waals surface area contributed by atoms with Crippen molar-refractivity contribution in [1.82, 2.24) is 0 Å². The molecule has 0 aliphatic carbocycles. The van der Waals surface area contributed by atoms with Crippen LogP contribution in [0.5, 0.6) is 0 Å². The number of carbonyl (C=O) groups excluding carboxylic acids is 1. The van der Waals surface area contributed by atoms with Crippen molar-refractivity contribution in [3.05, 3.63) is 24.5 Å². The van der Waals surface area contributed by atoms with E-state index in [4.69, 9.17) is 24.3 Å². The van der Waals surface area contributed by atoms with E-state index in [1.165, 1.54) is 83.5 Å². The first kappa shape index (κ1) is 48.7. The Balaban J connectivity index is 4.24. The van der Waals surface area contributed by atoms with Gasteiger partial charge in [0.25, 0.3) is 0 Å². The molecule has 4 atom stereocenters. The second kappa shape index (κ2) is 36.1. The molecule has 0 rings (SSSR count). The summed E-state index contributed by atoms with van der Waals surface area (Å²) in [7, 11) is -4.30. The highest BCUT2D eigenvalue weighted by Gasteiger charge is 2.24. The van der Waals surface area contributed by atoms with Crippen LogP contribution in [-0.2, 0) is 27.9 Å². The molecule has 50 heavy (non-hydrogen) atoms. The summed E-state index contributed by atoms with van der Waals surface area (Å²) in [4.78, 5) is 22.2. The van der Waals surface area contributed by atoms with Crippen LogP contribution in [0.1, 0.15) is 174 Å². The third-order valence-electron chi connectivity index (χ3n) is 8.66. The number of unbranched alkanes of at least 4 members (excludes halogenated alkanes) is 19. The Kier molecular flexibility index (Phi) is 35.2. The monoisotopic (exact) mass is 734 g/mol. The van der Waals surface area contributed by atoms with Crippen molar-refractivity contribution in [2.45, 2.75) is 193 Å². The van der Waals surface area contributed by atoms with E-state index < -0.39 is 26.1 Å². The third kappa shape index (κ3) is 33.9. The molecule has 0 aromatic carbocycles. The van der Waals surface area contributed by atoms with Crippen molar-refractivity contribution in [3.8, 4) is 0 Å². The van der Waals surface area contributed by atoms with Crippen LogP contribution >= 0.6 is 7.82 Å². The first-order valence-corrected chi connectivity index (χ1v) is 21.5. The lowest BCUT2D eigenvalue weighted by atomic mass is 10.0. The van der Waals surface area contributed by atoms with E-state index in [2.05, 4.69) is 19.9 Å². The maximum atomic E-state index is 12.4. The zero-order chi connectivity index (χ0) is 37.0. The Hall–Kier alpha value is -1.26. The van der Waals surface area contributed by atoms with E-state index in [9.17, 15) is 24.5 Å². The summed E-state index contributed by atoms with van der Waals surface area (Å²) in [5, 5.41) is 20.4. The third-order valence-corrected chi connectivity index (χ3v) is 9.65. The normalized spacial score (nSPS) is 15.0. The molecule has 0 saturated heterocycles. The van der Waals surface area contributed by atoms with Crippen molar-refractivity contribution in [2.75, 3.05) is 26.4 Å². The van der Waals surface area contributed by atoms with Gasteiger partial charge in [-0.3, -0.25) is 13.8 Å². The van der Waals surface area contributed by atoms with E-state index in [1.54, 1.807) is 6.26 Å². The van der Waals surface area contributed by atoms with Gasteiger partial charge in [-0.2, -0.15) is 0 Å². The van der Waals surface area contributed by atoms with Gasteiger partial charge in [0, 0.05) is 13.0 Å². The molecule has 0 aromatic heterocycles. The summed E-state index contributed by atoms with van der Waals surface area (Å²) < 4.78 is 33.0. The largest absolute Gasteiger partial charge is 0.492 e. The van der Waals surface area contributed by atoms with Crippen molar-refractivity contribution in [3.63, 3.8) is 0 Å². The molecule has 0 amide bonds. The molecule has 0 radical (unpaired) electrons. The number of aliphatic hydroxyl groups excluding tert-OH is 2. The highest BCUT2D eigenvalue weighted by Crippen LogP contribution is 2.43. The topological polar surface area (TPSA) is 158 Å². The number of phosphoric acid groups is 1. The fourth-order valence-corrected chi connectivity index (χ4v) is 6.24. The lowest BCUT2D eigenvalue weighted by Crippen LogP contribution is -2.25. The summed E-state index contributed by atoms with van der Waals surface area (Å²) >= 11 is 0. The molecule has 11 heteroatoms. The molecule has 0 spiro atoms. The Morgan fingerprint density at radius 1 is 0.680 bits per heavy atom. The zero-order valence-corrected chi connectivity index (χ0v) is 32.8. The molecule has 0 fully saturated rings. The predicted octanol–water partition coefficient (Wildman–Crippen LogP) is 9.59. The second-order valence-electron chi connectivity index (χ2n) is 13.5. The minimum atomic E-state index is -4.30. The fourth-order valence-electron chi connectivity index (χ4n) is 5.47. The standard InChI is InChI=1S/C39H76NO9P/c1-3-5-7-9-11-12-13-14-15-16-17-18-23-27-32-46-36(35-49-50(44,45)48-33-31-40)34-47-39(43)30-26-22-19-21-25-29-38(42)37(41)28-24-20-10-8-6-4-2/h20,24,27,32,36-38,41-42H,3-19,21-23,25-26,28-31,33-35,40H2,1-2H3,(H,44,45)/b24-20-,32-27+/t36-,37-,38-/m1/s1. The molecule has 0 aliphatic heterocycles. The van der Waals surface area contributed by atoms with Crippen molar-refractivity contribution >= 4 is 13.8 Å². The Morgan fingerprint density at radius 3 is 1.86 bits per heavy atom.